The molecule has 0 aromatic rings. The van der Waals surface area contributed by atoms with E-state index in [-0.39, 0.29) is 51.1 Å². The lowest BCUT2D eigenvalue weighted by Crippen LogP contribution is -2.66. The summed E-state index contributed by atoms with van der Waals surface area (Å²) in [7, 11) is -1.68. The number of hydrogen-bond acceptors (Lipinski definition) is 8. The number of carbonyl (C=O) groups is 4. The number of hydrogen-bond donors (Lipinski definition) is 0. The average Bonchev–Trinajstić information content (AvgIpc) is 2.83. The van der Waals surface area contributed by atoms with Crippen molar-refractivity contribution in [1.29, 1.82) is 0 Å². The molecule has 0 aromatic carbocycles. The van der Waals surface area contributed by atoms with Crippen molar-refractivity contribution < 1.29 is 38.1 Å². The zero-order valence-electron chi connectivity index (χ0n) is 23.0. The summed E-state index contributed by atoms with van der Waals surface area (Å²) in [5, 5.41) is 0. The van der Waals surface area contributed by atoms with Crippen LogP contribution in [0.15, 0.2) is 0 Å². The van der Waals surface area contributed by atoms with Crippen LogP contribution in [-0.4, -0.2) is 58.4 Å². The van der Waals surface area contributed by atoms with Crippen LogP contribution < -0.4 is 0 Å². The number of rotatable bonds is 13. The molecule has 0 spiro atoms. The van der Waals surface area contributed by atoms with Gasteiger partial charge in [0.15, 0.2) is 10.8 Å². The summed E-state index contributed by atoms with van der Waals surface area (Å²) in [5.74, 6) is -3.91. The van der Waals surface area contributed by atoms with E-state index in [1.165, 1.54) is 0 Å². The maximum absolute atomic E-state index is 13.8. The Hall–Kier alpha value is -1.90. The van der Waals surface area contributed by atoms with Gasteiger partial charge in [0.1, 0.15) is 0 Å². The molecule has 8 nitrogen and oxygen atoms in total. The molecule has 0 N–H and O–H groups in total. The lowest BCUT2D eigenvalue weighted by Gasteiger charge is -2.51. The topological polar surface area (TPSA) is 105 Å². The first-order valence-corrected chi connectivity index (χ1v) is 16.1. The largest absolute Gasteiger partial charge is 0.465 e. The van der Waals surface area contributed by atoms with Crippen molar-refractivity contribution in [3.05, 3.63) is 0 Å². The molecule has 1 rings (SSSR count). The summed E-state index contributed by atoms with van der Waals surface area (Å²) in [6, 6.07) is 4.13. The molecule has 0 heterocycles. The van der Waals surface area contributed by atoms with E-state index in [0.717, 1.165) is 24.2 Å². The SMILES string of the molecule is CCOC(=O)C1(C(=O)OCC)C[C@H](C[Si](CC)(CC)CC)[C@@H](C)CC1(C(=O)OCC)C(=O)OCC. The van der Waals surface area contributed by atoms with Crippen LogP contribution in [0.5, 0.6) is 0 Å². The van der Waals surface area contributed by atoms with Crippen molar-refractivity contribution >= 4 is 32.0 Å². The highest BCUT2D eigenvalue weighted by atomic mass is 28.3. The average molecular weight is 515 g/mol. The van der Waals surface area contributed by atoms with Crippen LogP contribution in [0.3, 0.4) is 0 Å². The zero-order valence-corrected chi connectivity index (χ0v) is 24.0. The van der Waals surface area contributed by atoms with Gasteiger partial charge >= 0.3 is 23.9 Å². The van der Waals surface area contributed by atoms with Crippen LogP contribution in [0.1, 0.15) is 68.2 Å². The van der Waals surface area contributed by atoms with Crippen LogP contribution in [-0.2, 0) is 38.1 Å². The van der Waals surface area contributed by atoms with Crippen LogP contribution in [0, 0.1) is 22.7 Å². The molecule has 0 bridgehead atoms. The summed E-state index contributed by atoms with van der Waals surface area (Å²) in [6.07, 6.45) is -0.0627. The summed E-state index contributed by atoms with van der Waals surface area (Å²) >= 11 is 0. The molecule has 1 aliphatic rings. The minimum atomic E-state index is -2.18. The summed E-state index contributed by atoms with van der Waals surface area (Å²) in [4.78, 5) is 54.8. The van der Waals surface area contributed by atoms with E-state index in [2.05, 4.69) is 20.8 Å². The fourth-order valence-corrected chi connectivity index (χ4v) is 9.84. The van der Waals surface area contributed by atoms with E-state index in [1.54, 1.807) is 27.7 Å². The van der Waals surface area contributed by atoms with Crippen LogP contribution in [0.4, 0.5) is 0 Å². The van der Waals surface area contributed by atoms with Gasteiger partial charge in [-0.3, -0.25) is 19.2 Å². The first kappa shape index (κ1) is 31.1. The second-order valence-electron chi connectivity index (χ2n) is 9.60. The van der Waals surface area contributed by atoms with Crippen LogP contribution in [0.25, 0.3) is 0 Å². The Kier molecular flexibility index (Phi) is 11.9. The molecule has 0 radical (unpaired) electrons. The van der Waals surface area contributed by atoms with E-state index < -0.39 is 42.8 Å². The third kappa shape index (κ3) is 5.75. The maximum Gasteiger partial charge on any atom is 0.325 e. The third-order valence-electron chi connectivity index (χ3n) is 8.17. The first-order valence-electron chi connectivity index (χ1n) is 13.2. The molecule has 2 atom stereocenters. The normalized spacial score (nSPS) is 21.0. The molecule has 0 unspecified atom stereocenters. The quantitative estimate of drug-likeness (QED) is 0.150. The Morgan fingerprint density at radius 2 is 0.943 bits per heavy atom. The Morgan fingerprint density at radius 1 is 0.629 bits per heavy atom. The molecule has 9 heteroatoms. The number of carbonyl (C=O) groups excluding carboxylic acids is 4. The van der Waals surface area contributed by atoms with Gasteiger partial charge in [-0.2, -0.15) is 0 Å². The molecule has 0 aliphatic heterocycles. The van der Waals surface area contributed by atoms with Gasteiger partial charge in [0.05, 0.1) is 34.5 Å². The van der Waals surface area contributed by atoms with Gasteiger partial charge < -0.3 is 18.9 Å². The van der Waals surface area contributed by atoms with E-state index in [0.29, 0.717) is 0 Å². The first-order chi connectivity index (χ1) is 16.6. The molecule has 1 fully saturated rings. The van der Waals surface area contributed by atoms with Gasteiger partial charge in [0.25, 0.3) is 0 Å². The van der Waals surface area contributed by atoms with E-state index in [4.69, 9.17) is 18.9 Å². The van der Waals surface area contributed by atoms with E-state index in [9.17, 15) is 19.2 Å². The zero-order chi connectivity index (χ0) is 26.9. The highest BCUT2D eigenvalue weighted by Gasteiger charge is 2.75. The van der Waals surface area contributed by atoms with Crippen LogP contribution in [0.2, 0.25) is 24.2 Å². The third-order valence-corrected chi connectivity index (χ3v) is 14.1. The van der Waals surface area contributed by atoms with Gasteiger partial charge in [-0.05, 0) is 52.4 Å². The van der Waals surface area contributed by atoms with E-state index in [1.807, 2.05) is 6.92 Å². The summed E-state index contributed by atoms with van der Waals surface area (Å²) < 4.78 is 21.6. The highest BCUT2D eigenvalue weighted by Crippen LogP contribution is 2.59. The molecule has 35 heavy (non-hydrogen) atoms. The van der Waals surface area contributed by atoms with Crippen molar-refractivity contribution in [2.75, 3.05) is 26.4 Å². The van der Waals surface area contributed by atoms with Crippen molar-refractivity contribution in [2.45, 2.75) is 92.4 Å². The predicted octanol–water partition coefficient (Wildman–Crippen LogP) is 4.77. The number of esters is 4. The van der Waals surface area contributed by atoms with Gasteiger partial charge in [-0.1, -0.05) is 51.9 Å². The summed E-state index contributed by atoms with van der Waals surface area (Å²) in [5.41, 5.74) is -4.35. The van der Waals surface area contributed by atoms with Crippen molar-refractivity contribution in [2.24, 2.45) is 22.7 Å². The molecule has 0 amide bonds. The number of ether oxygens (including phenoxy) is 4. The molecule has 202 valence electrons. The molecule has 0 saturated heterocycles. The minimum Gasteiger partial charge on any atom is -0.465 e. The standard InChI is InChI=1S/C26H46O8Si/c1-9-31-21(27)25(22(28)32-10-2)16-19(8)20(18-35(13-5,14-6)15-7)17-26(25,23(29)33-11-3)24(30)34-12-4/h19-20H,9-18H2,1-8H3/t19-,20+/m0/s1. The van der Waals surface area contributed by atoms with Crippen molar-refractivity contribution in [1.82, 2.24) is 0 Å². The lowest BCUT2D eigenvalue weighted by atomic mass is 9.51. The van der Waals surface area contributed by atoms with E-state index >= 15 is 0 Å². The lowest BCUT2D eigenvalue weighted by molar-refractivity contribution is -0.213. The molecular formula is C26H46O8Si. The van der Waals surface area contributed by atoms with Gasteiger partial charge in [-0.25, -0.2) is 0 Å². The fraction of sp³-hybridized carbons (Fsp3) is 0.846. The smallest absolute Gasteiger partial charge is 0.325 e. The van der Waals surface area contributed by atoms with Gasteiger partial charge in [0.2, 0.25) is 0 Å². The Bertz CT molecular complexity index is 701. The minimum absolute atomic E-state index is 0.0144. The Balaban J connectivity index is 3.95. The Morgan fingerprint density at radius 3 is 1.23 bits per heavy atom. The predicted molar refractivity (Wildman–Crippen MR) is 135 cm³/mol. The highest BCUT2D eigenvalue weighted by molar-refractivity contribution is 6.79. The molecule has 1 saturated carbocycles. The second kappa shape index (κ2) is 13.4. The fourth-order valence-electron chi connectivity index (χ4n) is 5.82. The second-order valence-corrected chi connectivity index (χ2v) is 15.1. The van der Waals surface area contributed by atoms with Crippen molar-refractivity contribution in [3.8, 4) is 0 Å². The maximum atomic E-state index is 13.8. The van der Waals surface area contributed by atoms with Crippen LogP contribution >= 0.6 is 0 Å². The molecule has 0 aromatic heterocycles. The molecule has 1 aliphatic carbocycles. The van der Waals surface area contributed by atoms with Gasteiger partial charge in [-0.15, -0.1) is 0 Å². The Labute approximate surface area is 211 Å². The molecular weight excluding hydrogens is 468 g/mol. The van der Waals surface area contributed by atoms with Crippen molar-refractivity contribution in [3.63, 3.8) is 0 Å². The summed E-state index contributed by atoms with van der Waals surface area (Å²) in [6.45, 7) is 15.0. The monoisotopic (exact) mass is 514 g/mol. The van der Waals surface area contributed by atoms with Gasteiger partial charge in [0, 0.05) is 0 Å².